The van der Waals surface area contributed by atoms with Gasteiger partial charge in [-0.15, -0.1) is 0 Å². The predicted octanol–water partition coefficient (Wildman–Crippen LogP) is 3.38. The van der Waals surface area contributed by atoms with E-state index in [0.29, 0.717) is 17.1 Å². The van der Waals surface area contributed by atoms with Crippen molar-refractivity contribution in [3.8, 4) is 5.75 Å². The molecule has 2 rings (SSSR count). The van der Waals surface area contributed by atoms with E-state index in [4.69, 9.17) is 4.74 Å². The maximum atomic E-state index is 13.4. The standard InChI is InChI=1S/C14H15F3N4O/c1-9-7-12(21-13(19-9)14(2,16)17)20-10-3-5-18-8-11(10)22-6-4-15/h3,5,7-8H,4,6H2,1-2H3,(H,18,19,20,21). The van der Waals surface area contributed by atoms with Crippen LogP contribution >= 0.6 is 0 Å². The van der Waals surface area contributed by atoms with Crippen LogP contribution in [0.15, 0.2) is 24.5 Å². The number of aromatic nitrogens is 3. The molecule has 0 saturated heterocycles. The van der Waals surface area contributed by atoms with E-state index in [1.807, 2.05) is 0 Å². The number of hydrogen-bond donors (Lipinski definition) is 1. The summed E-state index contributed by atoms with van der Waals surface area (Å²) in [6.45, 7) is 1.55. The highest BCUT2D eigenvalue weighted by Gasteiger charge is 2.28. The van der Waals surface area contributed by atoms with E-state index >= 15 is 0 Å². The van der Waals surface area contributed by atoms with Gasteiger partial charge in [-0.05, 0) is 13.0 Å². The monoisotopic (exact) mass is 312 g/mol. The van der Waals surface area contributed by atoms with E-state index in [0.717, 1.165) is 6.92 Å². The third-order valence-electron chi connectivity index (χ3n) is 2.63. The Bertz CT molecular complexity index is 646. The highest BCUT2D eigenvalue weighted by atomic mass is 19.3. The number of nitrogens with zero attached hydrogens (tertiary/aromatic N) is 3. The van der Waals surface area contributed by atoms with Crippen molar-refractivity contribution in [3.63, 3.8) is 0 Å². The largest absolute Gasteiger partial charge is 0.487 e. The van der Waals surface area contributed by atoms with E-state index in [9.17, 15) is 13.2 Å². The number of rotatable bonds is 6. The van der Waals surface area contributed by atoms with Crippen LogP contribution in [0.1, 0.15) is 18.4 Å². The van der Waals surface area contributed by atoms with Crippen molar-refractivity contribution in [1.82, 2.24) is 15.0 Å². The Morgan fingerprint density at radius 1 is 1.32 bits per heavy atom. The number of ether oxygens (including phenoxy) is 1. The van der Waals surface area contributed by atoms with Crippen LogP contribution in [0.5, 0.6) is 5.75 Å². The highest BCUT2D eigenvalue weighted by Crippen LogP contribution is 2.28. The molecule has 118 valence electrons. The first-order chi connectivity index (χ1) is 10.4. The molecule has 0 amide bonds. The zero-order valence-electron chi connectivity index (χ0n) is 12.1. The first kappa shape index (κ1) is 16.0. The van der Waals surface area contributed by atoms with Crippen LogP contribution in [0.2, 0.25) is 0 Å². The van der Waals surface area contributed by atoms with Crippen LogP contribution in [0, 0.1) is 6.92 Å². The third-order valence-corrected chi connectivity index (χ3v) is 2.63. The summed E-state index contributed by atoms with van der Waals surface area (Å²) in [7, 11) is 0. The smallest absolute Gasteiger partial charge is 0.303 e. The Hall–Kier alpha value is -2.38. The minimum atomic E-state index is -3.14. The molecule has 22 heavy (non-hydrogen) atoms. The molecule has 0 aliphatic heterocycles. The lowest BCUT2D eigenvalue weighted by Gasteiger charge is -2.14. The first-order valence-corrected chi connectivity index (χ1v) is 6.54. The van der Waals surface area contributed by atoms with Gasteiger partial charge in [-0.3, -0.25) is 4.98 Å². The molecule has 0 aliphatic rings. The molecule has 2 aromatic heterocycles. The van der Waals surface area contributed by atoms with Gasteiger partial charge in [0.15, 0.2) is 5.75 Å². The fourth-order valence-electron chi connectivity index (χ4n) is 1.71. The molecular weight excluding hydrogens is 297 g/mol. The number of alkyl halides is 3. The molecule has 0 radical (unpaired) electrons. The third kappa shape index (κ3) is 4.06. The minimum absolute atomic E-state index is 0.124. The quantitative estimate of drug-likeness (QED) is 0.886. The fourth-order valence-corrected chi connectivity index (χ4v) is 1.71. The number of nitrogens with one attached hydrogen (secondary N) is 1. The van der Waals surface area contributed by atoms with Gasteiger partial charge in [0.05, 0.1) is 11.9 Å². The minimum Gasteiger partial charge on any atom is -0.487 e. The maximum Gasteiger partial charge on any atom is 0.303 e. The molecule has 2 aromatic rings. The maximum absolute atomic E-state index is 13.4. The fraction of sp³-hybridized carbons (Fsp3) is 0.357. The summed E-state index contributed by atoms with van der Waals surface area (Å²) >= 11 is 0. The molecular formula is C14H15F3N4O. The SMILES string of the molecule is Cc1cc(Nc2ccncc2OCCF)nc(C(C)(F)F)n1. The van der Waals surface area contributed by atoms with Crippen LogP contribution in [0.3, 0.4) is 0 Å². The van der Waals surface area contributed by atoms with Gasteiger partial charge >= 0.3 is 5.92 Å². The average Bonchev–Trinajstić information content (AvgIpc) is 2.45. The average molecular weight is 312 g/mol. The Morgan fingerprint density at radius 3 is 2.77 bits per heavy atom. The molecule has 0 atom stereocenters. The summed E-state index contributed by atoms with van der Waals surface area (Å²) in [4.78, 5) is 11.4. The summed E-state index contributed by atoms with van der Waals surface area (Å²) in [6, 6.07) is 3.10. The molecule has 0 saturated carbocycles. The van der Waals surface area contributed by atoms with Gasteiger partial charge < -0.3 is 10.1 Å². The van der Waals surface area contributed by atoms with Crippen molar-refractivity contribution in [2.45, 2.75) is 19.8 Å². The van der Waals surface area contributed by atoms with Crippen molar-refractivity contribution in [3.05, 3.63) is 36.0 Å². The summed E-state index contributed by atoms with van der Waals surface area (Å²) in [5.41, 5.74) is 0.848. The second-order valence-electron chi connectivity index (χ2n) is 4.64. The molecule has 0 fully saturated rings. The molecule has 1 N–H and O–H groups in total. The van der Waals surface area contributed by atoms with Gasteiger partial charge in [-0.1, -0.05) is 0 Å². The molecule has 2 heterocycles. The molecule has 0 aliphatic carbocycles. The molecule has 0 aromatic carbocycles. The number of anilines is 2. The lowest BCUT2D eigenvalue weighted by Crippen LogP contribution is -2.14. The van der Waals surface area contributed by atoms with Crippen molar-refractivity contribution >= 4 is 11.5 Å². The van der Waals surface area contributed by atoms with E-state index < -0.39 is 18.4 Å². The topological polar surface area (TPSA) is 59.9 Å². The predicted molar refractivity (Wildman–Crippen MR) is 75.3 cm³/mol. The Kier molecular flexibility index (Phi) is 4.79. The molecule has 8 heteroatoms. The van der Waals surface area contributed by atoms with Gasteiger partial charge in [0.2, 0.25) is 5.82 Å². The molecule has 0 spiro atoms. The van der Waals surface area contributed by atoms with Crippen molar-refractivity contribution in [2.24, 2.45) is 0 Å². The normalized spacial score (nSPS) is 11.3. The van der Waals surface area contributed by atoms with Gasteiger partial charge in [-0.25, -0.2) is 14.4 Å². The van der Waals surface area contributed by atoms with Crippen molar-refractivity contribution < 1.29 is 17.9 Å². The van der Waals surface area contributed by atoms with Crippen LogP contribution in [-0.2, 0) is 5.92 Å². The number of pyridine rings is 1. The number of hydrogen-bond acceptors (Lipinski definition) is 5. The molecule has 0 bridgehead atoms. The van der Waals surface area contributed by atoms with E-state index in [2.05, 4.69) is 20.3 Å². The lowest BCUT2D eigenvalue weighted by atomic mass is 10.3. The van der Waals surface area contributed by atoms with Gasteiger partial charge in [0, 0.05) is 24.9 Å². The van der Waals surface area contributed by atoms with Crippen LogP contribution in [-0.4, -0.2) is 28.2 Å². The Labute approximate surface area is 125 Å². The van der Waals surface area contributed by atoms with Crippen molar-refractivity contribution in [2.75, 3.05) is 18.6 Å². The van der Waals surface area contributed by atoms with Gasteiger partial charge in [0.25, 0.3) is 0 Å². The summed E-state index contributed by atoms with van der Waals surface area (Å²) in [6.07, 6.45) is 2.90. The van der Waals surface area contributed by atoms with Gasteiger partial charge in [0.1, 0.15) is 19.1 Å². The van der Waals surface area contributed by atoms with Crippen LogP contribution in [0.25, 0.3) is 0 Å². The van der Waals surface area contributed by atoms with E-state index in [-0.39, 0.29) is 12.4 Å². The molecule has 0 unspecified atom stereocenters. The van der Waals surface area contributed by atoms with Crippen LogP contribution < -0.4 is 10.1 Å². The summed E-state index contributed by atoms with van der Waals surface area (Å²) in [5, 5.41) is 2.86. The first-order valence-electron chi connectivity index (χ1n) is 6.54. The van der Waals surface area contributed by atoms with Crippen molar-refractivity contribution in [1.29, 1.82) is 0 Å². The van der Waals surface area contributed by atoms with Crippen LogP contribution in [0.4, 0.5) is 24.7 Å². The number of halogens is 3. The summed E-state index contributed by atoms with van der Waals surface area (Å²) in [5.74, 6) is -3.22. The van der Waals surface area contributed by atoms with E-state index in [1.165, 1.54) is 18.5 Å². The zero-order chi connectivity index (χ0) is 16.2. The Morgan fingerprint density at radius 2 is 2.09 bits per heavy atom. The molecule has 5 nitrogen and oxygen atoms in total. The number of aryl methyl sites for hydroxylation is 1. The van der Waals surface area contributed by atoms with E-state index in [1.54, 1.807) is 13.0 Å². The second kappa shape index (κ2) is 6.59. The second-order valence-corrected chi connectivity index (χ2v) is 4.64. The Balaban J connectivity index is 2.29. The summed E-state index contributed by atoms with van der Waals surface area (Å²) < 4.78 is 44.1. The van der Waals surface area contributed by atoms with Gasteiger partial charge in [-0.2, -0.15) is 8.78 Å². The lowest BCUT2D eigenvalue weighted by molar-refractivity contribution is 0.00766. The highest BCUT2D eigenvalue weighted by molar-refractivity contribution is 5.63. The zero-order valence-corrected chi connectivity index (χ0v) is 12.1.